The van der Waals surface area contributed by atoms with Gasteiger partial charge in [-0.15, -0.1) is 0 Å². The van der Waals surface area contributed by atoms with Gasteiger partial charge in [0, 0.05) is 17.8 Å². The number of rotatable bonds is 5. The van der Waals surface area contributed by atoms with Crippen LogP contribution in [0, 0.1) is 0 Å². The minimum atomic E-state index is -0.656. The maximum absolute atomic E-state index is 12.0. The van der Waals surface area contributed by atoms with E-state index in [2.05, 4.69) is 4.98 Å². The van der Waals surface area contributed by atoms with Crippen LogP contribution in [0.5, 0.6) is 0 Å². The monoisotopic (exact) mass is 264 g/mol. The molecule has 5 heteroatoms. The number of fused-ring (bicyclic) bond motifs is 1. The molecular formula is C14H20N2O3. The zero-order valence-electron chi connectivity index (χ0n) is 11.6. The molecule has 2 rings (SSSR count). The van der Waals surface area contributed by atoms with Crippen molar-refractivity contribution in [1.29, 1.82) is 0 Å². The van der Waals surface area contributed by atoms with Crippen LogP contribution < -0.4 is 5.76 Å². The van der Waals surface area contributed by atoms with Crippen LogP contribution in [0.15, 0.2) is 21.6 Å². The van der Waals surface area contributed by atoms with Crippen molar-refractivity contribution in [2.75, 3.05) is 0 Å². The largest absolute Gasteiger partial charge is 0.420 e. The predicted octanol–water partition coefficient (Wildman–Crippen LogP) is 2.79. The molecular weight excluding hydrogens is 244 g/mol. The van der Waals surface area contributed by atoms with Crippen LogP contribution in [0.25, 0.3) is 11.1 Å². The zero-order valence-corrected chi connectivity index (χ0v) is 11.6. The van der Waals surface area contributed by atoms with E-state index in [0.717, 1.165) is 12.8 Å². The normalized spacial score (nSPS) is 13.3. The van der Waals surface area contributed by atoms with Gasteiger partial charge in [0.2, 0.25) is 0 Å². The van der Waals surface area contributed by atoms with Gasteiger partial charge in [0.1, 0.15) is 5.52 Å². The molecule has 1 atom stereocenters. The van der Waals surface area contributed by atoms with Gasteiger partial charge < -0.3 is 9.52 Å². The number of pyridine rings is 1. The number of aromatic nitrogens is 2. The molecule has 0 saturated carbocycles. The van der Waals surface area contributed by atoms with Gasteiger partial charge in [-0.3, -0.25) is 9.55 Å². The van der Waals surface area contributed by atoms with Gasteiger partial charge >= 0.3 is 5.76 Å². The molecule has 104 valence electrons. The van der Waals surface area contributed by atoms with E-state index in [0.29, 0.717) is 23.1 Å². The Morgan fingerprint density at radius 3 is 2.53 bits per heavy atom. The second kappa shape index (κ2) is 5.57. The van der Waals surface area contributed by atoms with E-state index in [1.165, 1.54) is 0 Å². The van der Waals surface area contributed by atoms with Gasteiger partial charge in [-0.1, -0.05) is 20.8 Å². The fourth-order valence-electron chi connectivity index (χ4n) is 2.43. The summed E-state index contributed by atoms with van der Waals surface area (Å²) < 4.78 is 6.99. The topological polar surface area (TPSA) is 68.3 Å². The average molecular weight is 264 g/mol. The Hall–Kier alpha value is -1.62. The summed E-state index contributed by atoms with van der Waals surface area (Å²) in [6.07, 6.45) is 4.80. The van der Waals surface area contributed by atoms with E-state index in [-0.39, 0.29) is 11.8 Å². The molecule has 0 aromatic carbocycles. The Bertz CT molecular complexity index is 611. The van der Waals surface area contributed by atoms with Gasteiger partial charge in [0.25, 0.3) is 0 Å². The number of nitrogens with zero attached hydrogens (tertiary/aromatic N) is 2. The summed E-state index contributed by atoms with van der Waals surface area (Å²) in [5.74, 6) is -0.374. The van der Waals surface area contributed by atoms with Crippen molar-refractivity contribution in [3.63, 3.8) is 0 Å². The first-order valence-corrected chi connectivity index (χ1v) is 6.80. The molecule has 5 nitrogen and oxygen atoms in total. The zero-order chi connectivity index (χ0) is 14.0. The molecule has 2 heterocycles. The molecule has 2 aromatic rings. The summed E-state index contributed by atoms with van der Waals surface area (Å²) in [5, 5.41) is 9.97. The van der Waals surface area contributed by atoms with E-state index in [1.807, 2.05) is 20.8 Å². The number of oxazole rings is 1. The fraction of sp³-hybridized carbons (Fsp3) is 0.571. The highest BCUT2D eigenvalue weighted by atomic mass is 16.4. The predicted molar refractivity (Wildman–Crippen MR) is 73.1 cm³/mol. The van der Waals surface area contributed by atoms with Gasteiger partial charge in [0.05, 0.1) is 12.3 Å². The highest BCUT2D eigenvalue weighted by Gasteiger charge is 2.20. The summed E-state index contributed by atoms with van der Waals surface area (Å²) in [7, 11) is 0. The Morgan fingerprint density at radius 2 is 1.95 bits per heavy atom. The summed E-state index contributed by atoms with van der Waals surface area (Å²) in [4.78, 5) is 16.2. The molecule has 0 aliphatic rings. The van der Waals surface area contributed by atoms with Crippen molar-refractivity contribution < 1.29 is 9.52 Å². The second-order valence-corrected chi connectivity index (χ2v) is 4.71. The van der Waals surface area contributed by atoms with Crippen molar-refractivity contribution in [3.8, 4) is 0 Å². The summed E-state index contributed by atoms with van der Waals surface area (Å²) in [5.41, 5.74) is 1.71. The number of hydrogen-bond acceptors (Lipinski definition) is 4. The van der Waals surface area contributed by atoms with Gasteiger partial charge in [-0.2, -0.15) is 0 Å². The van der Waals surface area contributed by atoms with Gasteiger partial charge in [-0.25, -0.2) is 4.79 Å². The minimum absolute atomic E-state index is 0.101. The third-order valence-electron chi connectivity index (χ3n) is 3.60. The molecule has 0 amide bonds. The van der Waals surface area contributed by atoms with Crippen LogP contribution in [-0.2, 0) is 0 Å². The Kier molecular flexibility index (Phi) is 4.04. The first-order chi connectivity index (χ1) is 9.13. The van der Waals surface area contributed by atoms with Crippen LogP contribution in [0.2, 0.25) is 0 Å². The Labute approximate surface area is 111 Å². The molecule has 1 unspecified atom stereocenters. The van der Waals surface area contributed by atoms with Crippen molar-refractivity contribution >= 4 is 11.1 Å². The highest BCUT2D eigenvalue weighted by Crippen LogP contribution is 2.27. The smallest absolute Gasteiger partial charge is 0.407 e. The Morgan fingerprint density at radius 1 is 1.26 bits per heavy atom. The van der Waals surface area contributed by atoms with E-state index in [4.69, 9.17) is 4.42 Å². The standard InChI is InChI=1S/C14H20N2O3/c1-4-9(5-2)16-11-8-15-7-10(12(17)6-3)13(11)19-14(16)18/h7-9,12,17H,4-6H2,1-3H3. The van der Waals surface area contributed by atoms with Crippen LogP contribution in [0.3, 0.4) is 0 Å². The average Bonchev–Trinajstić information content (AvgIpc) is 2.76. The fourth-order valence-corrected chi connectivity index (χ4v) is 2.43. The third-order valence-corrected chi connectivity index (χ3v) is 3.60. The lowest BCUT2D eigenvalue weighted by atomic mass is 10.1. The molecule has 1 N–H and O–H groups in total. The number of aliphatic hydroxyl groups is 1. The van der Waals surface area contributed by atoms with Crippen molar-refractivity contribution in [2.45, 2.75) is 52.2 Å². The van der Waals surface area contributed by atoms with E-state index in [1.54, 1.807) is 17.0 Å². The van der Waals surface area contributed by atoms with Crippen molar-refractivity contribution in [2.24, 2.45) is 0 Å². The molecule has 0 aliphatic carbocycles. The lowest BCUT2D eigenvalue weighted by Gasteiger charge is -2.13. The lowest BCUT2D eigenvalue weighted by Crippen LogP contribution is -2.19. The van der Waals surface area contributed by atoms with E-state index in [9.17, 15) is 9.90 Å². The van der Waals surface area contributed by atoms with Gasteiger partial charge in [-0.05, 0) is 19.3 Å². The maximum Gasteiger partial charge on any atom is 0.420 e. The van der Waals surface area contributed by atoms with Crippen LogP contribution >= 0.6 is 0 Å². The molecule has 0 radical (unpaired) electrons. The van der Waals surface area contributed by atoms with E-state index < -0.39 is 6.10 Å². The Balaban J connectivity index is 2.69. The molecule has 0 bridgehead atoms. The number of aliphatic hydroxyl groups excluding tert-OH is 1. The van der Waals surface area contributed by atoms with E-state index >= 15 is 0 Å². The van der Waals surface area contributed by atoms with Gasteiger partial charge in [0.15, 0.2) is 5.58 Å². The highest BCUT2D eigenvalue weighted by molar-refractivity contribution is 5.75. The molecule has 2 aromatic heterocycles. The van der Waals surface area contributed by atoms with Crippen LogP contribution in [-0.4, -0.2) is 14.7 Å². The van der Waals surface area contributed by atoms with Crippen LogP contribution in [0.4, 0.5) is 0 Å². The first-order valence-electron chi connectivity index (χ1n) is 6.80. The SMILES string of the molecule is CCC(O)c1cncc2c1oc(=O)n2C(CC)CC. The van der Waals surface area contributed by atoms with Crippen molar-refractivity contribution in [1.82, 2.24) is 9.55 Å². The van der Waals surface area contributed by atoms with Crippen molar-refractivity contribution in [3.05, 3.63) is 28.5 Å². The first kappa shape index (κ1) is 13.8. The molecule has 0 aliphatic heterocycles. The van der Waals surface area contributed by atoms with Crippen LogP contribution in [0.1, 0.15) is 57.7 Å². The summed E-state index contributed by atoms with van der Waals surface area (Å²) in [6.45, 7) is 5.95. The molecule has 0 spiro atoms. The molecule has 0 fully saturated rings. The summed E-state index contributed by atoms with van der Waals surface area (Å²) >= 11 is 0. The third kappa shape index (κ3) is 2.30. The number of hydrogen-bond donors (Lipinski definition) is 1. The lowest BCUT2D eigenvalue weighted by molar-refractivity contribution is 0.173. The maximum atomic E-state index is 12.0. The minimum Gasteiger partial charge on any atom is -0.407 e. The molecule has 0 saturated heterocycles. The second-order valence-electron chi connectivity index (χ2n) is 4.71. The molecule has 19 heavy (non-hydrogen) atoms. The summed E-state index contributed by atoms with van der Waals surface area (Å²) in [6, 6.07) is 0.101. The quantitative estimate of drug-likeness (QED) is 0.901.